The van der Waals surface area contributed by atoms with E-state index in [-0.39, 0.29) is 5.91 Å². The number of rotatable bonds is 3. The molecule has 1 amide bonds. The summed E-state index contributed by atoms with van der Waals surface area (Å²) < 4.78 is 0. The van der Waals surface area contributed by atoms with Crippen LogP contribution in [-0.4, -0.2) is 5.91 Å². The molecule has 3 aliphatic rings. The molecule has 0 aromatic heterocycles. The standard InChI is InChI=1S/C27H26N2O/c30-27(28-21-9-5-2-6-10-21)20-13-14-23-22(16-20)24-18-11-12-19(15-18)25(24)26(29-23)17-7-3-1-4-8-17/h1-10,13-14,16,18-19,24-26,29H,11-12,15H2,(H,28,30)/t18-,19-,24-,25+,26-/m0/s1. The molecule has 3 nitrogen and oxygen atoms in total. The molecule has 0 saturated heterocycles. The third-order valence-electron chi connectivity index (χ3n) is 7.54. The Morgan fingerprint density at radius 3 is 2.40 bits per heavy atom. The lowest BCUT2D eigenvalue weighted by Gasteiger charge is -2.43. The Morgan fingerprint density at radius 1 is 0.867 bits per heavy atom. The van der Waals surface area contributed by atoms with Crippen molar-refractivity contribution >= 4 is 17.3 Å². The van der Waals surface area contributed by atoms with Crippen molar-refractivity contribution in [2.45, 2.75) is 31.2 Å². The minimum atomic E-state index is -0.0334. The largest absolute Gasteiger partial charge is 0.378 e. The molecule has 2 fully saturated rings. The van der Waals surface area contributed by atoms with E-state index >= 15 is 0 Å². The van der Waals surface area contributed by atoms with Crippen LogP contribution in [-0.2, 0) is 0 Å². The van der Waals surface area contributed by atoms with Gasteiger partial charge in [0.05, 0.1) is 6.04 Å². The Labute approximate surface area is 177 Å². The molecule has 150 valence electrons. The van der Waals surface area contributed by atoms with Crippen molar-refractivity contribution in [3.8, 4) is 0 Å². The second-order valence-electron chi connectivity index (χ2n) is 9.09. The number of hydrogen-bond donors (Lipinski definition) is 2. The van der Waals surface area contributed by atoms with Gasteiger partial charge in [0.1, 0.15) is 0 Å². The molecule has 30 heavy (non-hydrogen) atoms. The molecule has 1 heterocycles. The summed E-state index contributed by atoms with van der Waals surface area (Å²) in [5.74, 6) is 2.67. The lowest BCUT2D eigenvalue weighted by atomic mass is 9.68. The molecule has 5 atom stereocenters. The predicted octanol–water partition coefficient (Wildman–Crippen LogP) is 6.24. The first-order chi connectivity index (χ1) is 14.8. The van der Waals surface area contributed by atoms with E-state index in [2.05, 4.69) is 53.1 Å². The quantitative estimate of drug-likeness (QED) is 0.552. The van der Waals surface area contributed by atoms with Gasteiger partial charge in [-0.2, -0.15) is 0 Å². The van der Waals surface area contributed by atoms with Crippen LogP contribution in [0.2, 0.25) is 0 Å². The van der Waals surface area contributed by atoms with Crippen molar-refractivity contribution in [3.63, 3.8) is 0 Å². The molecule has 2 aliphatic carbocycles. The molecular formula is C27H26N2O. The van der Waals surface area contributed by atoms with Crippen molar-refractivity contribution < 1.29 is 4.79 Å². The molecule has 0 spiro atoms. The highest BCUT2D eigenvalue weighted by atomic mass is 16.1. The summed E-state index contributed by atoms with van der Waals surface area (Å²) in [4.78, 5) is 12.9. The fourth-order valence-electron chi connectivity index (χ4n) is 6.34. The second-order valence-corrected chi connectivity index (χ2v) is 9.09. The molecule has 6 rings (SSSR count). The maximum atomic E-state index is 12.9. The monoisotopic (exact) mass is 394 g/mol. The topological polar surface area (TPSA) is 41.1 Å². The van der Waals surface area contributed by atoms with E-state index in [1.54, 1.807) is 0 Å². The lowest BCUT2D eigenvalue weighted by molar-refractivity contribution is 0.102. The summed E-state index contributed by atoms with van der Waals surface area (Å²) >= 11 is 0. The average Bonchev–Trinajstić information content (AvgIpc) is 3.42. The highest BCUT2D eigenvalue weighted by molar-refractivity contribution is 6.04. The Hall–Kier alpha value is -3.07. The Balaban J connectivity index is 1.36. The summed E-state index contributed by atoms with van der Waals surface area (Å²) in [6, 6.07) is 27.2. The van der Waals surface area contributed by atoms with Gasteiger partial charge in [-0.15, -0.1) is 0 Å². The van der Waals surface area contributed by atoms with E-state index in [1.807, 2.05) is 36.4 Å². The highest BCUT2D eigenvalue weighted by Crippen LogP contribution is 2.63. The molecule has 1 aliphatic heterocycles. The number of nitrogens with one attached hydrogen (secondary N) is 2. The van der Waals surface area contributed by atoms with E-state index in [1.165, 1.54) is 36.1 Å². The number of hydrogen-bond acceptors (Lipinski definition) is 2. The number of fused-ring (bicyclic) bond motifs is 7. The van der Waals surface area contributed by atoms with Crippen molar-refractivity contribution in [1.29, 1.82) is 0 Å². The van der Waals surface area contributed by atoms with Crippen LogP contribution >= 0.6 is 0 Å². The summed E-state index contributed by atoms with van der Waals surface area (Å²) in [6.07, 6.45) is 4.01. The SMILES string of the molecule is O=C(Nc1ccccc1)c1ccc2c(c1)[C@@H]1[C@H]3CC[C@@H](C3)[C@H]1[C@H](c1ccccc1)N2. The third kappa shape index (κ3) is 2.84. The van der Waals surface area contributed by atoms with Crippen LogP contribution in [0.5, 0.6) is 0 Å². The number of amides is 1. The Bertz CT molecular complexity index is 1080. The van der Waals surface area contributed by atoms with Gasteiger partial charge in [0.15, 0.2) is 0 Å². The van der Waals surface area contributed by atoms with E-state index < -0.39 is 0 Å². The molecule has 3 heteroatoms. The zero-order valence-electron chi connectivity index (χ0n) is 16.9. The molecule has 2 N–H and O–H groups in total. The van der Waals surface area contributed by atoms with Gasteiger partial charge in [-0.3, -0.25) is 4.79 Å². The molecular weight excluding hydrogens is 368 g/mol. The molecule has 3 aromatic rings. The van der Waals surface area contributed by atoms with Gasteiger partial charge in [0, 0.05) is 16.9 Å². The number of benzene rings is 3. The van der Waals surface area contributed by atoms with Crippen LogP contribution in [0, 0.1) is 17.8 Å². The van der Waals surface area contributed by atoms with Crippen LogP contribution in [0.15, 0.2) is 78.9 Å². The number of carbonyl (C=O) groups excluding carboxylic acids is 1. The Morgan fingerprint density at radius 2 is 1.60 bits per heavy atom. The molecule has 2 bridgehead atoms. The van der Waals surface area contributed by atoms with Crippen molar-refractivity contribution in [2.75, 3.05) is 10.6 Å². The second kappa shape index (κ2) is 7.02. The van der Waals surface area contributed by atoms with Crippen LogP contribution in [0.3, 0.4) is 0 Å². The first kappa shape index (κ1) is 17.8. The summed E-state index contributed by atoms with van der Waals surface area (Å²) in [7, 11) is 0. The van der Waals surface area contributed by atoms with Gasteiger partial charge in [-0.25, -0.2) is 0 Å². The molecule has 3 aromatic carbocycles. The van der Waals surface area contributed by atoms with E-state index in [4.69, 9.17) is 0 Å². The first-order valence-corrected chi connectivity index (χ1v) is 11.1. The minimum Gasteiger partial charge on any atom is -0.378 e. The van der Waals surface area contributed by atoms with E-state index in [0.717, 1.165) is 23.1 Å². The highest BCUT2D eigenvalue weighted by Gasteiger charge is 2.53. The normalized spacial score (nSPS) is 28.3. The number of carbonyl (C=O) groups is 1. The van der Waals surface area contributed by atoms with Crippen LogP contribution in [0.25, 0.3) is 0 Å². The van der Waals surface area contributed by atoms with Gasteiger partial charge in [0.2, 0.25) is 0 Å². The van der Waals surface area contributed by atoms with Gasteiger partial charge < -0.3 is 10.6 Å². The van der Waals surface area contributed by atoms with E-state index in [0.29, 0.717) is 17.9 Å². The summed E-state index contributed by atoms with van der Waals surface area (Å²) in [5, 5.41) is 6.89. The average molecular weight is 395 g/mol. The van der Waals surface area contributed by atoms with E-state index in [9.17, 15) is 4.79 Å². The summed E-state index contributed by atoms with van der Waals surface area (Å²) in [6.45, 7) is 0. The van der Waals surface area contributed by atoms with Gasteiger partial charge in [0.25, 0.3) is 5.91 Å². The minimum absolute atomic E-state index is 0.0334. The number of anilines is 2. The molecule has 0 radical (unpaired) electrons. The zero-order chi connectivity index (χ0) is 20.1. The maximum Gasteiger partial charge on any atom is 0.255 e. The molecule has 0 unspecified atom stereocenters. The van der Waals surface area contributed by atoms with Crippen LogP contribution < -0.4 is 10.6 Å². The van der Waals surface area contributed by atoms with Gasteiger partial charge >= 0.3 is 0 Å². The Kier molecular flexibility index (Phi) is 4.15. The predicted molar refractivity (Wildman–Crippen MR) is 121 cm³/mol. The van der Waals surface area contributed by atoms with Gasteiger partial charge in [-0.05, 0) is 84.4 Å². The fraction of sp³-hybridized carbons (Fsp3) is 0.296. The zero-order valence-corrected chi connectivity index (χ0v) is 16.9. The van der Waals surface area contributed by atoms with Crippen molar-refractivity contribution in [2.24, 2.45) is 17.8 Å². The van der Waals surface area contributed by atoms with Crippen LogP contribution in [0.4, 0.5) is 11.4 Å². The number of para-hydroxylation sites is 1. The molecule has 2 saturated carbocycles. The fourth-order valence-corrected chi connectivity index (χ4v) is 6.34. The smallest absolute Gasteiger partial charge is 0.255 e. The van der Waals surface area contributed by atoms with Crippen LogP contribution in [0.1, 0.15) is 52.7 Å². The lowest BCUT2D eigenvalue weighted by Crippen LogP contribution is -2.35. The van der Waals surface area contributed by atoms with Crippen molar-refractivity contribution in [3.05, 3.63) is 95.6 Å². The third-order valence-corrected chi connectivity index (χ3v) is 7.54. The first-order valence-electron chi connectivity index (χ1n) is 11.1. The van der Waals surface area contributed by atoms with Gasteiger partial charge in [-0.1, -0.05) is 48.5 Å². The summed E-state index contributed by atoms with van der Waals surface area (Å²) in [5.41, 5.74) is 5.52. The van der Waals surface area contributed by atoms with Crippen molar-refractivity contribution in [1.82, 2.24) is 0 Å². The maximum absolute atomic E-state index is 12.9.